The fraction of sp³-hybridized carbons (Fsp3) is 0.292. The van der Waals surface area contributed by atoms with E-state index in [1.54, 1.807) is 47.4 Å². The zero-order valence-corrected chi connectivity index (χ0v) is 16.9. The Labute approximate surface area is 179 Å². The first-order chi connectivity index (χ1) is 15.0. The average Bonchev–Trinajstić information content (AvgIpc) is 3.08. The highest BCUT2D eigenvalue weighted by Gasteiger charge is 2.36. The Hall–Kier alpha value is -3.79. The van der Waals surface area contributed by atoms with Crippen LogP contribution in [0.15, 0.2) is 42.5 Å². The fourth-order valence-corrected chi connectivity index (χ4v) is 4.11. The quantitative estimate of drug-likeness (QED) is 0.828. The van der Waals surface area contributed by atoms with E-state index in [1.807, 2.05) is 6.07 Å². The lowest BCUT2D eigenvalue weighted by atomic mass is 9.94. The van der Waals surface area contributed by atoms with Crippen LogP contribution >= 0.6 is 0 Å². The lowest BCUT2D eigenvalue weighted by Gasteiger charge is -2.27. The molecule has 0 bridgehead atoms. The summed E-state index contributed by atoms with van der Waals surface area (Å²) in [6, 6.07) is 12.8. The summed E-state index contributed by atoms with van der Waals surface area (Å²) in [4.78, 5) is 51.4. The minimum absolute atomic E-state index is 0.00278. The maximum Gasteiger partial charge on any atom is 0.255 e. The lowest BCUT2D eigenvalue weighted by Crippen LogP contribution is -2.42. The molecule has 2 aliphatic rings. The monoisotopic (exact) mass is 415 g/mol. The molecule has 0 radical (unpaired) electrons. The van der Waals surface area contributed by atoms with Gasteiger partial charge in [0.2, 0.25) is 0 Å². The third-order valence-electron chi connectivity index (χ3n) is 5.79. The molecule has 1 saturated carbocycles. The zero-order chi connectivity index (χ0) is 22.0. The van der Waals surface area contributed by atoms with Crippen LogP contribution in [-0.2, 0) is 16.1 Å². The number of benzene rings is 2. The molecule has 0 aromatic heterocycles. The molecule has 7 nitrogen and oxygen atoms in total. The molecule has 1 unspecified atom stereocenters. The van der Waals surface area contributed by atoms with Crippen LogP contribution in [0.3, 0.4) is 0 Å². The lowest BCUT2D eigenvalue weighted by molar-refractivity contribution is -0.126. The van der Waals surface area contributed by atoms with Crippen molar-refractivity contribution in [3.8, 4) is 6.07 Å². The number of amides is 2. The molecule has 1 fully saturated rings. The van der Waals surface area contributed by atoms with Crippen molar-refractivity contribution in [2.75, 3.05) is 5.32 Å². The first-order valence-corrected chi connectivity index (χ1v) is 10.3. The van der Waals surface area contributed by atoms with Gasteiger partial charge in [0, 0.05) is 42.6 Å². The van der Waals surface area contributed by atoms with Gasteiger partial charge in [0.15, 0.2) is 5.78 Å². The van der Waals surface area contributed by atoms with Crippen molar-refractivity contribution in [1.82, 2.24) is 4.90 Å². The van der Waals surface area contributed by atoms with Gasteiger partial charge in [-0.15, -0.1) is 0 Å². The van der Waals surface area contributed by atoms with Crippen LogP contribution in [0.1, 0.15) is 63.9 Å². The van der Waals surface area contributed by atoms with Crippen molar-refractivity contribution in [3.05, 3.63) is 64.7 Å². The van der Waals surface area contributed by atoms with Crippen LogP contribution in [0.25, 0.3) is 0 Å². The van der Waals surface area contributed by atoms with Gasteiger partial charge in [0.25, 0.3) is 11.8 Å². The molecule has 1 atom stereocenters. The van der Waals surface area contributed by atoms with Gasteiger partial charge in [-0.25, -0.2) is 0 Å². The molecule has 1 N–H and O–H groups in total. The maximum atomic E-state index is 12.9. The molecule has 2 amide bonds. The number of rotatable bonds is 3. The summed E-state index contributed by atoms with van der Waals surface area (Å²) in [5, 5.41) is 11.7. The van der Waals surface area contributed by atoms with Crippen molar-refractivity contribution in [3.63, 3.8) is 0 Å². The van der Waals surface area contributed by atoms with Crippen molar-refractivity contribution < 1.29 is 19.2 Å². The van der Waals surface area contributed by atoms with Crippen molar-refractivity contribution in [2.45, 2.75) is 44.7 Å². The second-order valence-electron chi connectivity index (χ2n) is 7.86. The van der Waals surface area contributed by atoms with Crippen molar-refractivity contribution in [1.29, 1.82) is 5.26 Å². The largest absolute Gasteiger partial charge is 0.324 e. The van der Waals surface area contributed by atoms with Gasteiger partial charge in [-0.1, -0.05) is 0 Å². The number of anilines is 1. The number of nitrogens with zero attached hydrogens (tertiary/aromatic N) is 2. The van der Waals surface area contributed by atoms with Gasteiger partial charge in [-0.3, -0.25) is 19.2 Å². The first-order valence-electron chi connectivity index (χ1n) is 10.3. The van der Waals surface area contributed by atoms with Gasteiger partial charge < -0.3 is 10.2 Å². The van der Waals surface area contributed by atoms with E-state index < -0.39 is 6.04 Å². The predicted octanol–water partition coefficient (Wildman–Crippen LogP) is 3.24. The molecule has 2 aromatic rings. The Kier molecular flexibility index (Phi) is 5.63. The van der Waals surface area contributed by atoms with Gasteiger partial charge in [-0.05, 0) is 60.9 Å². The molecule has 156 valence electrons. The Bertz CT molecular complexity index is 1110. The summed E-state index contributed by atoms with van der Waals surface area (Å²) in [7, 11) is 0. The van der Waals surface area contributed by atoms with E-state index >= 15 is 0 Å². The molecule has 0 saturated heterocycles. The maximum absolute atomic E-state index is 12.9. The molecule has 31 heavy (non-hydrogen) atoms. The van der Waals surface area contributed by atoms with E-state index in [-0.39, 0.29) is 29.9 Å². The minimum Gasteiger partial charge on any atom is -0.324 e. The van der Waals surface area contributed by atoms with E-state index in [9.17, 15) is 19.2 Å². The number of hydrogen-bond acceptors (Lipinski definition) is 5. The second-order valence-corrected chi connectivity index (χ2v) is 7.86. The molecule has 2 aromatic carbocycles. The van der Waals surface area contributed by atoms with Crippen LogP contribution in [0, 0.1) is 11.3 Å². The summed E-state index contributed by atoms with van der Waals surface area (Å²) in [5.41, 5.74) is 2.68. The number of nitriles is 1. The van der Waals surface area contributed by atoms with Gasteiger partial charge in [0.05, 0.1) is 17.7 Å². The Balaban J connectivity index is 1.50. The Morgan fingerprint density at radius 3 is 2.55 bits per heavy atom. The first kappa shape index (κ1) is 20.5. The van der Waals surface area contributed by atoms with Crippen LogP contribution in [0.4, 0.5) is 5.69 Å². The zero-order valence-electron chi connectivity index (χ0n) is 16.9. The number of ketones is 2. The normalized spacial score (nSPS) is 18.7. The number of carbonyl (C=O) groups is 4. The number of fused-ring (bicyclic) bond motifs is 1. The molecule has 7 heteroatoms. The van der Waals surface area contributed by atoms with Gasteiger partial charge in [-0.2, -0.15) is 5.26 Å². The predicted molar refractivity (Wildman–Crippen MR) is 112 cm³/mol. The molecule has 4 rings (SSSR count). The number of nitrogens with one attached hydrogen (secondary N) is 1. The van der Waals surface area contributed by atoms with Crippen LogP contribution in [0.5, 0.6) is 0 Å². The molecular weight excluding hydrogens is 394 g/mol. The number of Topliss-reactive ketones (excluding diaryl/α,β-unsaturated/α-hetero) is 2. The standard InChI is InChI=1S/C24H21N3O4/c25-13-15-4-6-16(7-5-15)23(30)26-18-8-10-20-17(12-18)14-27(24(20)31)21-11-9-19(28)2-1-3-22(21)29/h4-8,10,12,21H,1-3,9,11,14H2,(H,26,30). The van der Waals surface area contributed by atoms with E-state index in [4.69, 9.17) is 5.26 Å². The van der Waals surface area contributed by atoms with Crippen LogP contribution < -0.4 is 5.32 Å². The summed E-state index contributed by atoms with van der Waals surface area (Å²) < 4.78 is 0. The summed E-state index contributed by atoms with van der Waals surface area (Å²) in [6.07, 6.45) is 1.94. The molecule has 1 aliphatic heterocycles. The van der Waals surface area contributed by atoms with E-state index in [0.29, 0.717) is 54.5 Å². The van der Waals surface area contributed by atoms with Gasteiger partial charge >= 0.3 is 0 Å². The molecular formula is C24H21N3O4. The third kappa shape index (κ3) is 4.24. The summed E-state index contributed by atoms with van der Waals surface area (Å²) in [5.74, 6) is -0.400. The molecule has 1 aliphatic carbocycles. The van der Waals surface area contributed by atoms with E-state index in [2.05, 4.69) is 5.32 Å². The third-order valence-corrected chi connectivity index (χ3v) is 5.79. The SMILES string of the molecule is N#Cc1ccc(C(=O)Nc2ccc3c(c2)CN(C2CCC(=O)CCCC2=O)C3=O)cc1. The minimum atomic E-state index is -0.583. The Morgan fingerprint density at radius 1 is 1.03 bits per heavy atom. The highest BCUT2D eigenvalue weighted by molar-refractivity contribution is 6.06. The Morgan fingerprint density at radius 2 is 1.81 bits per heavy atom. The molecule has 0 spiro atoms. The smallest absolute Gasteiger partial charge is 0.255 e. The highest BCUT2D eigenvalue weighted by atomic mass is 16.2. The summed E-state index contributed by atoms with van der Waals surface area (Å²) >= 11 is 0. The highest BCUT2D eigenvalue weighted by Crippen LogP contribution is 2.30. The van der Waals surface area contributed by atoms with Crippen molar-refractivity contribution in [2.24, 2.45) is 0 Å². The fourth-order valence-electron chi connectivity index (χ4n) is 4.11. The van der Waals surface area contributed by atoms with Crippen LogP contribution in [0.2, 0.25) is 0 Å². The average molecular weight is 415 g/mol. The van der Waals surface area contributed by atoms with Crippen molar-refractivity contribution >= 4 is 29.1 Å². The summed E-state index contributed by atoms with van der Waals surface area (Å²) in [6.45, 7) is 0.277. The van der Waals surface area contributed by atoms with E-state index in [1.165, 1.54) is 0 Å². The second kappa shape index (κ2) is 8.52. The number of hydrogen-bond donors (Lipinski definition) is 1. The topological polar surface area (TPSA) is 107 Å². The molecule has 1 heterocycles. The van der Waals surface area contributed by atoms with Gasteiger partial charge in [0.1, 0.15) is 5.78 Å². The van der Waals surface area contributed by atoms with E-state index in [0.717, 1.165) is 5.56 Å². The number of carbonyl (C=O) groups excluding carboxylic acids is 4. The van der Waals surface area contributed by atoms with Crippen LogP contribution in [-0.4, -0.2) is 34.3 Å².